The lowest BCUT2D eigenvalue weighted by molar-refractivity contribution is -0.132. The molecule has 0 spiro atoms. The van der Waals surface area contributed by atoms with Gasteiger partial charge in [0, 0.05) is 36.7 Å². The van der Waals surface area contributed by atoms with Crippen molar-refractivity contribution in [2.24, 2.45) is 0 Å². The third-order valence-corrected chi connectivity index (χ3v) is 5.97. The molecule has 1 unspecified atom stereocenters. The van der Waals surface area contributed by atoms with Crippen molar-refractivity contribution < 1.29 is 23.8 Å². The molecule has 8 nitrogen and oxygen atoms in total. The minimum atomic E-state index is -0.363. The van der Waals surface area contributed by atoms with Gasteiger partial charge in [-0.3, -0.25) is 14.5 Å². The summed E-state index contributed by atoms with van der Waals surface area (Å²) in [5, 5.41) is 7.80. The maximum Gasteiger partial charge on any atom is 0.336 e. The first-order valence-corrected chi connectivity index (χ1v) is 10.8. The zero-order chi connectivity index (χ0) is 22.2. The van der Waals surface area contributed by atoms with Crippen LogP contribution in [0.2, 0.25) is 0 Å². The Morgan fingerprint density at radius 2 is 1.97 bits per heavy atom. The van der Waals surface area contributed by atoms with Crippen LogP contribution in [0.5, 0.6) is 5.75 Å². The van der Waals surface area contributed by atoms with Gasteiger partial charge in [0.05, 0.1) is 0 Å². The normalized spacial score (nSPS) is 19.0. The molecule has 0 radical (unpaired) electrons. The van der Waals surface area contributed by atoms with Gasteiger partial charge in [0.1, 0.15) is 11.3 Å². The summed E-state index contributed by atoms with van der Waals surface area (Å²) >= 11 is 0. The molecule has 0 bridgehead atoms. The maximum atomic E-state index is 12.6. The summed E-state index contributed by atoms with van der Waals surface area (Å²) in [5.41, 5.74) is 1.09. The van der Waals surface area contributed by atoms with Crippen LogP contribution in [0.3, 0.4) is 0 Å². The highest BCUT2D eigenvalue weighted by atomic mass is 16.5. The SMILES string of the molecule is CCc1cc(=O)oc2cc(OCC(=O)N3CCC(N4CCCCC4)C3)ccc12.O=CO. The summed E-state index contributed by atoms with van der Waals surface area (Å²) in [4.78, 5) is 37.1. The van der Waals surface area contributed by atoms with Gasteiger partial charge < -0.3 is 19.2 Å². The number of carbonyl (C=O) groups excluding carboxylic acids is 1. The van der Waals surface area contributed by atoms with Crippen molar-refractivity contribution in [1.82, 2.24) is 9.80 Å². The van der Waals surface area contributed by atoms with Crippen molar-refractivity contribution in [3.8, 4) is 5.75 Å². The molecule has 1 N–H and O–H groups in total. The Bertz CT molecular complexity index is 951. The number of hydrogen-bond acceptors (Lipinski definition) is 6. The number of benzene rings is 1. The predicted molar refractivity (Wildman–Crippen MR) is 116 cm³/mol. The van der Waals surface area contributed by atoms with E-state index in [-0.39, 0.29) is 24.6 Å². The van der Waals surface area contributed by atoms with Crippen LogP contribution in [0.4, 0.5) is 0 Å². The van der Waals surface area contributed by atoms with Crippen LogP contribution >= 0.6 is 0 Å². The molecule has 2 aliphatic rings. The molecule has 2 fully saturated rings. The van der Waals surface area contributed by atoms with Crippen LogP contribution in [0.25, 0.3) is 11.0 Å². The van der Waals surface area contributed by atoms with E-state index < -0.39 is 0 Å². The quantitative estimate of drug-likeness (QED) is 0.575. The van der Waals surface area contributed by atoms with E-state index in [1.54, 1.807) is 6.07 Å². The standard InChI is InChI=1S/C22H28N2O4.CH2O2/c1-2-16-12-22(26)28-20-13-18(6-7-19(16)20)27-15-21(25)24-11-8-17(14-24)23-9-4-3-5-10-23;2-1-3/h6-7,12-13,17H,2-5,8-11,14-15H2,1H3;1H,(H,2,3). The highest BCUT2D eigenvalue weighted by Crippen LogP contribution is 2.24. The van der Waals surface area contributed by atoms with Crippen LogP contribution in [0.15, 0.2) is 33.5 Å². The van der Waals surface area contributed by atoms with E-state index in [1.165, 1.54) is 25.3 Å². The summed E-state index contributed by atoms with van der Waals surface area (Å²) in [6.07, 6.45) is 5.67. The smallest absolute Gasteiger partial charge is 0.336 e. The number of fused-ring (bicyclic) bond motifs is 1. The third-order valence-electron chi connectivity index (χ3n) is 5.97. The van der Waals surface area contributed by atoms with Crippen LogP contribution in [0.1, 0.15) is 38.2 Å². The zero-order valence-electron chi connectivity index (χ0n) is 17.9. The molecule has 1 atom stereocenters. The van der Waals surface area contributed by atoms with Gasteiger partial charge in [-0.2, -0.15) is 0 Å². The van der Waals surface area contributed by atoms with Gasteiger partial charge in [-0.05, 0) is 56.5 Å². The molecule has 1 aromatic heterocycles. The lowest BCUT2D eigenvalue weighted by atomic mass is 10.1. The first-order valence-electron chi connectivity index (χ1n) is 10.8. The molecule has 0 saturated carbocycles. The van der Waals surface area contributed by atoms with Crippen LogP contribution in [-0.4, -0.2) is 66.1 Å². The maximum absolute atomic E-state index is 12.6. The molecule has 168 valence electrons. The Morgan fingerprint density at radius 1 is 1.23 bits per heavy atom. The zero-order valence-corrected chi connectivity index (χ0v) is 17.9. The molecule has 4 rings (SSSR count). The van der Waals surface area contributed by atoms with Crippen LogP contribution in [-0.2, 0) is 16.0 Å². The lowest BCUT2D eigenvalue weighted by Gasteiger charge is -2.32. The molecule has 1 amide bonds. The van der Waals surface area contributed by atoms with Crippen LogP contribution in [0, 0.1) is 0 Å². The minimum absolute atomic E-state index is 0.00985. The Labute approximate surface area is 181 Å². The van der Waals surface area contributed by atoms with Crippen molar-refractivity contribution >= 4 is 23.3 Å². The molecule has 1 aromatic carbocycles. The van der Waals surface area contributed by atoms with Gasteiger partial charge in [0.15, 0.2) is 6.61 Å². The molecule has 31 heavy (non-hydrogen) atoms. The molecular formula is C23H30N2O6. The fourth-order valence-corrected chi connectivity index (χ4v) is 4.38. The third kappa shape index (κ3) is 5.85. The largest absolute Gasteiger partial charge is 0.484 e. The van der Waals surface area contributed by atoms with Crippen molar-refractivity contribution in [1.29, 1.82) is 0 Å². The van der Waals surface area contributed by atoms with E-state index in [0.717, 1.165) is 50.0 Å². The first-order chi connectivity index (χ1) is 15.0. The van der Waals surface area contributed by atoms with Gasteiger partial charge >= 0.3 is 5.63 Å². The number of nitrogens with zero attached hydrogens (tertiary/aromatic N) is 2. The summed E-state index contributed by atoms with van der Waals surface area (Å²) in [6.45, 7) is 5.68. The number of ether oxygens (including phenoxy) is 1. The van der Waals surface area contributed by atoms with E-state index >= 15 is 0 Å². The number of likely N-dealkylation sites (tertiary alicyclic amines) is 2. The number of aryl methyl sites for hydroxylation is 1. The average molecular weight is 431 g/mol. The monoisotopic (exact) mass is 430 g/mol. The number of amides is 1. The Hall–Kier alpha value is -2.87. The van der Waals surface area contributed by atoms with Gasteiger partial charge in [-0.1, -0.05) is 13.3 Å². The second kappa shape index (κ2) is 10.9. The highest BCUT2D eigenvalue weighted by Gasteiger charge is 2.31. The number of piperidine rings is 1. The summed E-state index contributed by atoms with van der Waals surface area (Å²) in [5.74, 6) is 0.562. The van der Waals surface area contributed by atoms with Crippen molar-refractivity contribution in [3.05, 3.63) is 40.2 Å². The first kappa shape index (κ1) is 22.8. The van der Waals surface area contributed by atoms with Gasteiger partial charge in [0.25, 0.3) is 12.4 Å². The van der Waals surface area contributed by atoms with Gasteiger partial charge in [-0.15, -0.1) is 0 Å². The van der Waals surface area contributed by atoms with Crippen LogP contribution < -0.4 is 10.4 Å². The van der Waals surface area contributed by atoms with E-state index in [9.17, 15) is 9.59 Å². The van der Waals surface area contributed by atoms with Crippen molar-refractivity contribution in [2.45, 2.75) is 45.1 Å². The second-order valence-corrected chi connectivity index (χ2v) is 7.88. The number of rotatable bonds is 5. The van der Waals surface area contributed by atoms with Gasteiger partial charge in [-0.25, -0.2) is 4.79 Å². The predicted octanol–water partition coefficient (Wildman–Crippen LogP) is 2.52. The second-order valence-electron chi connectivity index (χ2n) is 7.88. The Balaban J connectivity index is 0.000000858. The summed E-state index contributed by atoms with van der Waals surface area (Å²) < 4.78 is 11.0. The topological polar surface area (TPSA) is 100 Å². The van der Waals surface area contributed by atoms with Crippen molar-refractivity contribution in [2.75, 3.05) is 32.8 Å². The fourth-order valence-electron chi connectivity index (χ4n) is 4.38. The summed E-state index contributed by atoms with van der Waals surface area (Å²) in [6, 6.07) is 7.43. The molecule has 3 heterocycles. The highest BCUT2D eigenvalue weighted by molar-refractivity contribution is 5.82. The molecular weight excluding hydrogens is 400 g/mol. The van der Waals surface area contributed by atoms with E-state index in [0.29, 0.717) is 17.4 Å². The molecule has 0 aliphatic carbocycles. The van der Waals surface area contributed by atoms with Gasteiger partial charge in [0.2, 0.25) is 0 Å². The van der Waals surface area contributed by atoms with Crippen molar-refractivity contribution in [3.63, 3.8) is 0 Å². The Morgan fingerprint density at radius 3 is 2.68 bits per heavy atom. The molecule has 2 saturated heterocycles. The average Bonchev–Trinajstić information content (AvgIpc) is 3.28. The fraction of sp³-hybridized carbons (Fsp3) is 0.522. The lowest BCUT2D eigenvalue weighted by Crippen LogP contribution is -2.42. The van der Waals surface area contributed by atoms with E-state index in [2.05, 4.69) is 4.90 Å². The minimum Gasteiger partial charge on any atom is -0.484 e. The molecule has 2 aliphatic heterocycles. The molecule has 8 heteroatoms. The number of carbonyl (C=O) groups is 2. The number of hydrogen-bond donors (Lipinski definition) is 1. The van der Waals surface area contributed by atoms with E-state index in [4.69, 9.17) is 19.1 Å². The number of carboxylic acid groups (broad SMARTS) is 1. The van der Waals surface area contributed by atoms with E-state index in [1.807, 2.05) is 24.0 Å². The summed E-state index contributed by atoms with van der Waals surface area (Å²) in [7, 11) is 0. The Kier molecular flexibility index (Phi) is 8.06. The molecule has 2 aromatic rings.